The van der Waals surface area contributed by atoms with E-state index in [-0.39, 0.29) is 37.5 Å². The maximum absolute atomic E-state index is 4.80. The molecule has 0 N–H and O–H groups in total. The van der Waals surface area contributed by atoms with Crippen molar-refractivity contribution in [1.29, 1.82) is 0 Å². The summed E-state index contributed by atoms with van der Waals surface area (Å²) >= 11 is 4.80. The van der Waals surface area contributed by atoms with Crippen LogP contribution < -0.4 is 0 Å². The van der Waals surface area contributed by atoms with Gasteiger partial charge in [0.15, 0.2) is 0 Å². The molecule has 2 unspecified atom stereocenters. The zero-order chi connectivity index (χ0) is 11.7. The molecule has 0 nitrogen and oxygen atoms in total. The summed E-state index contributed by atoms with van der Waals surface area (Å²) < 4.78 is 0.192. The summed E-state index contributed by atoms with van der Waals surface area (Å²) in [5, 5.41) is 0. The molecular formula is C14H26SY-2. The van der Waals surface area contributed by atoms with Crippen molar-refractivity contribution >= 4 is 12.6 Å². The van der Waals surface area contributed by atoms with E-state index in [0.717, 1.165) is 6.42 Å². The van der Waals surface area contributed by atoms with Crippen LogP contribution in [0.25, 0.3) is 0 Å². The molecule has 2 atom stereocenters. The Kier molecular flexibility index (Phi) is 7.17. The minimum absolute atomic E-state index is 0. The van der Waals surface area contributed by atoms with Crippen LogP contribution in [0.5, 0.6) is 0 Å². The van der Waals surface area contributed by atoms with Crippen molar-refractivity contribution in [2.75, 3.05) is 0 Å². The van der Waals surface area contributed by atoms with Gasteiger partial charge >= 0.3 is 0 Å². The van der Waals surface area contributed by atoms with Crippen LogP contribution in [0.2, 0.25) is 0 Å². The molecule has 0 aromatic carbocycles. The van der Waals surface area contributed by atoms with Crippen LogP contribution in [0.3, 0.4) is 0 Å². The zero-order valence-electron chi connectivity index (χ0n) is 11.3. The van der Waals surface area contributed by atoms with Gasteiger partial charge in [0.1, 0.15) is 0 Å². The van der Waals surface area contributed by atoms with Gasteiger partial charge in [-0.2, -0.15) is 25.5 Å². The van der Waals surface area contributed by atoms with Crippen molar-refractivity contribution in [2.24, 2.45) is 11.3 Å². The molecule has 1 saturated carbocycles. The molecule has 1 fully saturated rings. The fourth-order valence-corrected chi connectivity index (χ4v) is 3.00. The van der Waals surface area contributed by atoms with Gasteiger partial charge in [0.25, 0.3) is 0 Å². The van der Waals surface area contributed by atoms with E-state index in [1.54, 1.807) is 5.92 Å². The first kappa shape index (κ1) is 17.5. The van der Waals surface area contributed by atoms with Crippen molar-refractivity contribution in [1.82, 2.24) is 0 Å². The second-order valence-electron chi connectivity index (χ2n) is 6.43. The summed E-state index contributed by atoms with van der Waals surface area (Å²) in [6.07, 6.45) is 6.24. The van der Waals surface area contributed by atoms with Gasteiger partial charge < -0.3 is 18.8 Å². The predicted octanol–water partition coefficient (Wildman–Crippen LogP) is 4.71. The maximum Gasteiger partial charge on any atom is 0 e. The Morgan fingerprint density at radius 2 is 1.75 bits per heavy atom. The predicted molar refractivity (Wildman–Crippen MR) is 72.0 cm³/mol. The number of hydrogen-bond acceptors (Lipinski definition) is 1. The summed E-state index contributed by atoms with van der Waals surface area (Å²) in [6, 6.07) is 0. The molecule has 1 radical (unpaired) electrons. The molecule has 2 heteroatoms. The molecular weight excluding hydrogens is 289 g/mol. The summed E-state index contributed by atoms with van der Waals surface area (Å²) in [4.78, 5) is 0. The molecule has 0 amide bonds. The first-order valence-corrected chi connectivity index (χ1v) is 6.57. The quantitative estimate of drug-likeness (QED) is 0.526. The Morgan fingerprint density at radius 1 is 1.19 bits per heavy atom. The van der Waals surface area contributed by atoms with Crippen LogP contribution in [0.4, 0.5) is 0 Å². The van der Waals surface area contributed by atoms with Gasteiger partial charge in [0.05, 0.1) is 0 Å². The minimum Gasteiger partial charge on any atom is -0.369 e. The third kappa shape index (κ3) is 5.87. The van der Waals surface area contributed by atoms with E-state index in [2.05, 4.69) is 34.6 Å². The molecule has 93 valence electrons. The largest absolute Gasteiger partial charge is 0.369 e. The van der Waals surface area contributed by atoms with E-state index in [1.807, 2.05) is 0 Å². The van der Waals surface area contributed by atoms with Crippen molar-refractivity contribution < 1.29 is 32.7 Å². The van der Waals surface area contributed by atoms with E-state index in [1.165, 1.54) is 25.7 Å². The second kappa shape index (κ2) is 6.57. The Hall–Kier alpha value is 1.45. The van der Waals surface area contributed by atoms with Crippen LogP contribution in [0, 0.1) is 24.2 Å². The third-order valence-corrected chi connectivity index (χ3v) is 3.96. The van der Waals surface area contributed by atoms with Gasteiger partial charge in [-0.15, -0.1) is 6.92 Å². The fraction of sp³-hybridized carbons (Fsp3) is 0.857. The van der Waals surface area contributed by atoms with Crippen LogP contribution in [-0.2, 0) is 32.7 Å². The first-order valence-electron chi connectivity index (χ1n) is 6.12. The van der Waals surface area contributed by atoms with Gasteiger partial charge in [-0.3, -0.25) is 0 Å². The molecule has 1 rings (SSSR count). The SMILES string of the molecule is [CH2-]C(C)[C-]1CC(C)(C)CCCC(C)(S)C1.[Y]. The average Bonchev–Trinajstić information content (AvgIpc) is 1.98. The first-order chi connectivity index (χ1) is 6.72. The van der Waals surface area contributed by atoms with Gasteiger partial charge in [-0.05, 0) is 11.2 Å². The van der Waals surface area contributed by atoms with Gasteiger partial charge in [0.2, 0.25) is 0 Å². The number of rotatable bonds is 1. The third-order valence-electron chi connectivity index (χ3n) is 3.58. The molecule has 1 aliphatic rings. The van der Waals surface area contributed by atoms with Crippen LogP contribution in [-0.4, -0.2) is 4.75 Å². The zero-order valence-corrected chi connectivity index (χ0v) is 15.1. The molecule has 0 heterocycles. The van der Waals surface area contributed by atoms with E-state index < -0.39 is 0 Å². The summed E-state index contributed by atoms with van der Waals surface area (Å²) in [7, 11) is 0. The van der Waals surface area contributed by atoms with Gasteiger partial charge in [0, 0.05) is 32.7 Å². The standard InChI is InChI=1S/C14H26S.Y/c1-11(2)12-9-13(3,4)7-6-8-14(5,15)10-12;/h11,15H,1,6-10H2,2-5H3;/q-2;. The number of thiol groups is 1. The average molecular weight is 315 g/mol. The molecule has 0 saturated heterocycles. The maximum atomic E-state index is 4.80. The Labute approximate surface area is 133 Å². The molecule has 0 aromatic heterocycles. The van der Waals surface area contributed by atoms with Gasteiger partial charge in [-0.1, -0.05) is 39.0 Å². The van der Waals surface area contributed by atoms with E-state index in [0.29, 0.717) is 11.3 Å². The Balaban J connectivity index is 0.00000225. The van der Waals surface area contributed by atoms with E-state index in [9.17, 15) is 0 Å². The molecule has 0 spiro atoms. The summed E-state index contributed by atoms with van der Waals surface area (Å²) in [5.41, 5.74) is 0.464. The summed E-state index contributed by atoms with van der Waals surface area (Å²) in [6.45, 7) is 13.5. The molecule has 0 aliphatic heterocycles. The Morgan fingerprint density at radius 3 is 2.25 bits per heavy atom. The molecule has 1 aliphatic carbocycles. The van der Waals surface area contributed by atoms with Crippen LogP contribution in [0.1, 0.15) is 59.8 Å². The molecule has 0 bridgehead atoms. The van der Waals surface area contributed by atoms with E-state index in [4.69, 9.17) is 12.6 Å². The van der Waals surface area contributed by atoms with Crippen molar-refractivity contribution in [2.45, 2.75) is 64.5 Å². The minimum atomic E-state index is 0. The molecule has 16 heavy (non-hydrogen) atoms. The molecule has 0 aromatic rings. The van der Waals surface area contributed by atoms with Crippen molar-refractivity contribution in [3.63, 3.8) is 0 Å². The summed E-state index contributed by atoms with van der Waals surface area (Å²) in [5.74, 6) is 2.08. The fourth-order valence-electron chi connectivity index (χ4n) is 2.64. The number of hydrogen-bond donors (Lipinski definition) is 1. The smallest absolute Gasteiger partial charge is 0 e. The topological polar surface area (TPSA) is 0 Å². The van der Waals surface area contributed by atoms with Crippen molar-refractivity contribution in [3.8, 4) is 0 Å². The van der Waals surface area contributed by atoms with E-state index >= 15 is 0 Å². The Bertz CT molecular complexity index is 191. The van der Waals surface area contributed by atoms with Crippen molar-refractivity contribution in [3.05, 3.63) is 12.8 Å². The second-order valence-corrected chi connectivity index (χ2v) is 7.51. The van der Waals surface area contributed by atoms with Gasteiger partial charge in [-0.25, -0.2) is 0 Å². The van der Waals surface area contributed by atoms with Crippen LogP contribution in [0.15, 0.2) is 0 Å². The monoisotopic (exact) mass is 315 g/mol. The van der Waals surface area contributed by atoms with Crippen LogP contribution >= 0.6 is 12.6 Å². The normalized spacial score (nSPS) is 33.4.